The van der Waals surface area contributed by atoms with Crippen LogP contribution in [0.2, 0.25) is 0 Å². The number of nitrogens with zero attached hydrogens (tertiary/aromatic N) is 2. The minimum absolute atomic E-state index is 0.113. The van der Waals surface area contributed by atoms with Gasteiger partial charge in [-0.05, 0) is 58.0 Å². The molecule has 1 saturated heterocycles. The standard InChI is InChI=1S/C17H27N3O/c1-13-5-6-16(18-2)15(11-13)17(21)20(4)12-14-7-9-19(3)10-8-14/h5-6,11,14,18H,7-10,12H2,1-4H3. The molecule has 2 rings (SSSR count). The zero-order chi connectivity index (χ0) is 15.4. The first-order chi connectivity index (χ1) is 10.0. The molecule has 116 valence electrons. The molecule has 4 heteroatoms. The summed E-state index contributed by atoms with van der Waals surface area (Å²) in [5.41, 5.74) is 2.79. The Morgan fingerprint density at radius 2 is 2.05 bits per heavy atom. The van der Waals surface area contributed by atoms with Crippen LogP contribution in [0.3, 0.4) is 0 Å². The highest BCUT2D eigenvalue weighted by Gasteiger charge is 2.22. The molecule has 1 N–H and O–H groups in total. The lowest BCUT2D eigenvalue weighted by Gasteiger charge is -2.32. The average Bonchev–Trinajstić information content (AvgIpc) is 2.48. The molecule has 0 spiro atoms. The molecule has 0 saturated carbocycles. The van der Waals surface area contributed by atoms with Gasteiger partial charge in [-0.15, -0.1) is 0 Å². The van der Waals surface area contributed by atoms with E-state index in [-0.39, 0.29) is 5.91 Å². The second-order valence-electron chi connectivity index (χ2n) is 6.23. The number of carbonyl (C=O) groups excluding carboxylic acids is 1. The Morgan fingerprint density at radius 3 is 2.67 bits per heavy atom. The van der Waals surface area contributed by atoms with E-state index in [0.29, 0.717) is 5.92 Å². The molecule has 0 aromatic heterocycles. The van der Waals surface area contributed by atoms with E-state index >= 15 is 0 Å². The molecule has 1 heterocycles. The van der Waals surface area contributed by atoms with Crippen molar-refractivity contribution in [2.24, 2.45) is 5.92 Å². The van der Waals surface area contributed by atoms with Gasteiger partial charge < -0.3 is 15.1 Å². The van der Waals surface area contributed by atoms with Crippen LogP contribution in [-0.4, -0.2) is 56.5 Å². The third kappa shape index (κ3) is 3.97. The smallest absolute Gasteiger partial charge is 0.255 e. The van der Waals surface area contributed by atoms with Gasteiger partial charge in [-0.1, -0.05) is 11.6 Å². The van der Waals surface area contributed by atoms with Crippen molar-refractivity contribution >= 4 is 11.6 Å². The van der Waals surface area contributed by atoms with Gasteiger partial charge in [0.2, 0.25) is 0 Å². The summed E-state index contributed by atoms with van der Waals surface area (Å²) in [6, 6.07) is 5.98. The van der Waals surface area contributed by atoms with E-state index in [4.69, 9.17) is 0 Å². The normalized spacial score (nSPS) is 16.8. The number of hydrogen-bond acceptors (Lipinski definition) is 3. The van der Waals surface area contributed by atoms with Crippen LogP contribution < -0.4 is 5.32 Å². The maximum atomic E-state index is 12.7. The zero-order valence-corrected chi connectivity index (χ0v) is 13.6. The maximum Gasteiger partial charge on any atom is 0.255 e. The van der Waals surface area contributed by atoms with E-state index in [1.54, 1.807) is 0 Å². The molecular formula is C17H27N3O. The Labute approximate surface area is 128 Å². The number of rotatable bonds is 4. The number of likely N-dealkylation sites (tertiary alicyclic amines) is 1. The number of anilines is 1. The van der Waals surface area contributed by atoms with Crippen LogP contribution in [0.25, 0.3) is 0 Å². The molecule has 1 aromatic rings. The van der Waals surface area contributed by atoms with Crippen molar-refractivity contribution < 1.29 is 4.79 Å². The number of piperidine rings is 1. The summed E-state index contributed by atoms with van der Waals surface area (Å²) in [6.45, 7) is 5.15. The first-order valence-corrected chi connectivity index (χ1v) is 7.73. The van der Waals surface area contributed by atoms with Gasteiger partial charge in [-0.2, -0.15) is 0 Å². The molecule has 1 aliphatic heterocycles. The highest BCUT2D eigenvalue weighted by molar-refractivity contribution is 5.99. The van der Waals surface area contributed by atoms with Crippen LogP contribution >= 0.6 is 0 Å². The van der Waals surface area contributed by atoms with Crippen molar-refractivity contribution in [3.05, 3.63) is 29.3 Å². The van der Waals surface area contributed by atoms with E-state index in [1.807, 2.05) is 44.1 Å². The summed E-state index contributed by atoms with van der Waals surface area (Å²) in [5, 5.41) is 3.11. The molecule has 1 fully saturated rings. The predicted octanol–water partition coefficient (Wildman–Crippen LogP) is 2.45. The molecule has 1 aromatic carbocycles. The van der Waals surface area contributed by atoms with E-state index in [9.17, 15) is 4.79 Å². The first-order valence-electron chi connectivity index (χ1n) is 7.73. The topological polar surface area (TPSA) is 35.6 Å². The molecule has 0 radical (unpaired) electrons. The number of benzene rings is 1. The van der Waals surface area contributed by atoms with Gasteiger partial charge in [-0.25, -0.2) is 0 Å². The van der Waals surface area contributed by atoms with Gasteiger partial charge in [0, 0.05) is 26.3 Å². The van der Waals surface area contributed by atoms with Gasteiger partial charge >= 0.3 is 0 Å². The molecular weight excluding hydrogens is 262 g/mol. The van der Waals surface area contributed by atoms with Crippen molar-refractivity contribution in [2.45, 2.75) is 19.8 Å². The van der Waals surface area contributed by atoms with Crippen LogP contribution in [0, 0.1) is 12.8 Å². The van der Waals surface area contributed by atoms with Crippen LogP contribution in [-0.2, 0) is 0 Å². The number of hydrogen-bond donors (Lipinski definition) is 1. The van der Waals surface area contributed by atoms with Gasteiger partial charge in [0.25, 0.3) is 5.91 Å². The summed E-state index contributed by atoms with van der Waals surface area (Å²) < 4.78 is 0. The molecule has 0 unspecified atom stereocenters. The van der Waals surface area contributed by atoms with E-state index < -0.39 is 0 Å². The van der Waals surface area contributed by atoms with Gasteiger partial charge in [0.15, 0.2) is 0 Å². The third-order valence-corrected chi connectivity index (χ3v) is 4.39. The summed E-state index contributed by atoms with van der Waals surface area (Å²) in [6.07, 6.45) is 2.36. The lowest BCUT2D eigenvalue weighted by molar-refractivity contribution is 0.0748. The summed E-state index contributed by atoms with van der Waals surface area (Å²) in [4.78, 5) is 16.9. The molecule has 1 amide bonds. The van der Waals surface area contributed by atoms with E-state index in [2.05, 4.69) is 17.3 Å². The average molecular weight is 289 g/mol. The molecule has 0 aliphatic carbocycles. The number of nitrogens with one attached hydrogen (secondary N) is 1. The number of carbonyl (C=O) groups is 1. The molecule has 4 nitrogen and oxygen atoms in total. The van der Waals surface area contributed by atoms with Gasteiger partial charge in [0.05, 0.1) is 5.56 Å². The first kappa shape index (κ1) is 15.8. The summed E-state index contributed by atoms with van der Waals surface area (Å²) in [5.74, 6) is 0.736. The van der Waals surface area contributed by atoms with Crippen LogP contribution in [0.1, 0.15) is 28.8 Å². The minimum atomic E-state index is 0.113. The van der Waals surface area contributed by atoms with Gasteiger partial charge in [0.1, 0.15) is 0 Å². The molecule has 21 heavy (non-hydrogen) atoms. The lowest BCUT2D eigenvalue weighted by atomic mass is 9.96. The van der Waals surface area contributed by atoms with Crippen molar-refractivity contribution in [3.8, 4) is 0 Å². The van der Waals surface area contributed by atoms with Crippen molar-refractivity contribution in [2.75, 3.05) is 46.1 Å². The Morgan fingerprint density at radius 1 is 1.38 bits per heavy atom. The van der Waals surface area contributed by atoms with Gasteiger partial charge in [-0.3, -0.25) is 4.79 Å². The minimum Gasteiger partial charge on any atom is -0.387 e. The van der Waals surface area contributed by atoms with E-state index in [0.717, 1.165) is 36.4 Å². The van der Waals surface area contributed by atoms with Crippen molar-refractivity contribution in [1.29, 1.82) is 0 Å². The quantitative estimate of drug-likeness (QED) is 0.925. The summed E-state index contributed by atoms with van der Waals surface area (Å²) in [7, 11) is 5.94. The monoisotopic (exact) mass is 289 g/mol. The Bertz CT molecular complexity index is 493. The fourth-order valence-corrected chi connectivity index (χ4v) is 2.97. The SMILES string of the molecule is CNc1ccc(C)cc1C(=O)N(C)CC1CCN(C)CC1. The fourth-order valence-electron chi connectivity index (χ4n) is 2.97. The lowest BCUT2D eigenvalue weighted by Crippen LogP contribution is -2.38. The molecule has 0 bridgehead atoms. The predicted molar refractivity (Wildman–Crippen MR) is 87.9 cm³/mol. The number of aryl methyl sites for hydroxylation is 1. The second-order valence-corrected chi connectivity index (χ2v) is 6.23. The highest BCUT2D eigenvalue weighted by atomic mass is 16.2. The Hall–Kier alpha value is -1.55. The van der Waals surface area contributed by atoms with Crippen molar-refractivity contribution in [1.82, 2.24) is 9.80 Å². The number of amides is 1. The van der Waals surface area contributed by atoms with Crippen LogP contribution in [0.4, 0.5) is 5.69 Å². The maximum absolute atomic E-state index is 12.7. The third-order valence-electron chi connectivity index (χ3n) is 4.39. The van der Waals surface area contributed by atoms with Crippen molar-refractivity contribution in [3.63, 3.8) is 0 Å². The Balaban J connectivity index is 2.03. The fraction of sp³-hybridized carbons (Fsp3) is 0.588. The van der Waals surface area contributed by atoms with E-state index in [1.165, 1.54) is 12.8 Å². The zero-order valence-electron chi connectivity index (χ0n) is 13.6. The largest absolute Gasteiger partial charge is 0.387 e. The highest BCUT2D eigenvalue weighted by Crippen LogP contribution is 2.21. The second kappa shape index (κ2) is 6.94. The molecule has 0 atom stereocenters. The molecule has 1 aliphatic rings. The van der Waals surface area contributed by atoms with Crippen LogP contribution in [0.15, 0.2) is 18.2 Å². The Kier molecular flexibility index (Phi) is 5.23. The van der Waals surface area contributed by atoms with Crippen LogP contribution in [0.5, 0.6) is 0 Å². The summed E-state index contributed by atoms with van der Waals surface area (Å²) >= 11 is 0.